The lowest BCUT2D eigenvalue weighted by atomic mass is 10.2. The Bertz CT molecular complexity index is 638. The summed E-state index contributed by atoms with van der Waals surface area (Å²) in [6, 6.07) is 8.23. The molecule has 2 rings (SSSR count). The summed E-state index contributed by atoms with van der Waals surface area (Å²) >= 11 is 11.8. The van der Waals surface area contributed by atoms with Gasteiger partial charge in [-0.15, -0.1) is 0 Å². The Balaban J connectivity index is 2.41. The molecule has 1 aromatic heterocycles. The molecule has 6 heteroatoms. The van der Waals surface area contributed by atoms with E-state index < -0.39 is 0 Å². The molecular formula is C12H7Cl2N3O. The summed E-state index contributed by atoms with van der Waals surface area (Å²) in [7, 11) is 0. The summed E-state index contributed by atoms with van der Waals surface area (Å²) in [6.07, 6.45) is 1.43. The SMILES string of the molecule is N#Cc1ccnc(Oc2cc(Cl)ccc2Cl)c1N. The normalized spacial score (nSPS) is 9.83. The van der Waals surface area contributed by atoms with Gasteiger partial charge in [0.05, 0.1) is 10.6 Å². The van der Waals surface area contributed by atoms with Gasteiger partial charge in [0.1, 0.15) is 17.5 Å². The number of hydrogen-bond donors (Lipinski definition) is 1. The van der Waals surface area contributed by atoms with Crippen LogP contribution in [0.5, 0.6) is 11.6 Å². The van der Waals surface area contributed by atoms with Crippen molar-refractivity contribution in [3.63, 3.8) is 0 Å². The monoisotopic (exact) mass is 279 g/mol. The molecule has 0 saturated carbocycles. The number of hydrogen-bond acceptors (Lipinski definition) is 4. The number of benzene rings is 1. The van der Waals surface area contributed by atoms with Crippen LogP contribution in [-0.2, 0) is 0 Å². The predicted molar refractivity (Wildman–Crippen MR) is 69.9 cm³/mol. The molecule has 0 fully saturated rings. The van der Waals surface area contributed by atoms with Gasteiger partial charge in [-0.1, -0.05) is 23.2 Å². The van der Waals surface area contributed by atoms with E-state index in [2.05, 4.69) is 4.98 Å². The van der Waals surface area contributed by atoms with Crippen LogP contribution < -0.4 is 10.5 Å². The number of pyridine rings is 1. The number of ether oxygens (including phenoxy) is 1. The molecule has 4 nitrogen and oxygen atoms in total. The third-order valence-electron chi connectivity index (χ3n) is 2.17. The molecule has 0 radical (unpaired) electrons. The van der Waals surface area contributed by atoms with Crippen LogP contribution in [-0.4, -0.2) is 4.98 Å². The van der Waals surface area contributed by atoms with Crippen LogP contribution in [0.15, 0.2) is 30.5 Å². The maximum atomic E-state index is 8.85. The van der Waals surface area contributed by atoms with Crippen molar-refractivity contribution >= 4 is 28.9 Å². The zero-order valence-corrected chi connectivity index (χ0v) is 10.5. The van der Waals surface area contributed by atoms with Crippen molar-refractivity contribution in [1.29, 1.82) is 5.26 Å². The Morgan fingerprint density at radius 3 is 2.78 bits per heavy atom. The second kappa shape index (κ2) is 5.13. The minimum Gasteiger partial charge on any atom is -0.435 e. The molecule has 1 heterocycles. The van der Waals surface area contributed by atoms with Gasteiger partial charge in [0.15, 0.2) is 0 Å². The first-order chi connectivity index (χ1) is 8.61. The summed E-state index contributed by atoms with van der Waals surface area (Å²) < 4.78 is 5.46. The van der Waals surface area contributed by atoms with Gasteiger partial charge in [-0.2, -0.15) is 5.26 Å². The largest absolute Gasteiger partial charge is 0.435 e. The van der Waals surface area contributed by atoms with Crippen LogP contribution in [0.2, 0.25) is 10.0 Å². The Kier molecular flexibility index (Phi) is 3.56. The summed E-state index contributed by atoms with van der Waals surface area (Å²) in [5.74, 6) is 0.455. The lowest BCUT2D eigenvalue weighted by Gasteiger charge is -2.09. The van der Waals surface area contributed by atoms with Crippen LogP contribution >= 0.6 is 23.2 Å². The number of anilines is 1. The van der Waals surface area contributed by atoms with Gasteiger partial charge in [-0.3, -0.25) is 0 Å². The third kappa shape index (κ3) is 2.48. The van der Waals surface area contributed by atoms with Crippen molar-refractivity contribution in [3.8, 4) is 17.7 Å². The summed E-state index contributed by atoms with van der Waals surface area (Å²) in [6.45, 7) is 0. The highest BCUT2D eigenvalue weighted by atomic mass is 35.5. The molecule has 2 N–H and O–H groups in total. The molecular weight excluding hydrogens is 273 g/mol. The first-order valence-corrected chi connectivity index (χ1v) is 5.65. The maximum absolute atomic E-state index is 8.85. The molecule has 0 unspecified atom stereocenters. The number of rotatable bonds is 2. The number of nitrogens with two attached hydrogens (primary N) is 1. The maximum Gasteiger partial charge on any atom is 0.244 e. The average molecular weight is 280 g/mol. The molecule has 0 aliphatic rings. The van der Waals surface area contributed by atoms with Crippen molar-refractivity contribution in [2.24, 2.45) is 0 Å². The first kappa shape index (κ1) is 12.5. The minimum absolute atomic E-state index is 0.123. The molecule has 1 aromatic carbocycles. The van der Waals surface area contributed by atoms with Crippen LogP contribution in [0.4, 0.5) is 5.69 Å². The topological polar surface area (TPSA) is 71.9 Å². The average Bonchev–Trinajstić information content (AvgIpc) is 2.36. The number of halogens is 2. The van der Waals surface area contributed by atoms with E-state index in [0.29, 0.717) is 15.8 Å². The highest BCUT2D eigenvalue weighted by Gasteiger charge is 2.10. The van der Waals surface area contributed by atoms with Crippen LogP contribution in [0.1, 0.15) is 5.56 Å². The lowest BCUT2D eigenvalue weighted by Crippen LogP contribution is -1.98. The Morgan fingerprint density at radius 2 is 2.06 bits per heavy atom. The minimum atomic E-state index is 0.123. The molecule has 0 saturated heterocycles. The molecule has 0 bridgehead atoms. The highest BCUT2D eigenvalue weighted by Crippen LogP contribution is 2.33. The summed E-state index contributed by atoms with van der Waals surface area (Å²) in [4.78, 5) is 3.95. The smallest absolute Gasteiger partial charge is 0.244 e. The Morgan fingerprint density at radius 1 is 1.28 bits per heavy atom. The molecule has 0 atom stereocenters. The van der Waals surface area contributed by atoms with E-state index in [0.717, 1.165) is 0 Å². The van der Waals surface area contributed by atoms with Crippen molar-refractivity contribution in [3.05, 3.63) is 46.1 Å². The fraction of sp³-hybridized carbons (Fsp3) is 0. The quantitative estimate of drug-likeness (QED) is 0.911. The summed E-state index contributed by atoms with van der Waals surface area (Å²) in [5.41, 5.74) is 6.20. The third-order valence-corrected chi connectivity index (χ3v) is 2.72. The standard InChI is InChI=1S/C12H7Cl2N3O/c13-8-1-2-9(14)10(5-8)18-12-11(16)7(6-15)3-4-17-12/h1-5H,16H2. The van der Waals surface area contributed by atoms with E-state index in [4.69, 9.17) is 38.9 Å². The molecule has 18 heavy (non-hydrogen) atoms. The first-order valence-electron chi connectivity index (χ1n) is 4.89. The Hall–Kier alpha value is -1.96. The lowest BCUT2D eigenvalue weighted by molar-refractivity contribution is 0.465. The molecule has 0 aliphatic carbocycles. The van der Waals surface area contributed by atoms with E-state index in [-0.39, 0.29) is 17.1 Å². The van der Waals surface area contributed by atoms with E-state index in [9.17, 15) is 0 Å². The van der Waals surface area contributed by atoms with Gasteiger partial charge >= 0.3 is 0 Å². The van der Waals surface area contributed by atoms with Gasteiger partial charge in [0, 0.05) is 17.3 Å². The van der Waals surface area contributed by atoms with Crippen LogP contribution in [0.25, 0.3) is 0 Å². The van der Waals surface area contributed by atoms with E-state index >= 15 is 0 Å². The zero-order valence-electron chi connectivity index (χ0n) is 9.02. The molecule has 0 aliphatic heterocycles. The molecule has 90 valence electrons. The molecule has 0 amide bonds. The van der Waals surface area contributed by atoms with Crippen molar-refractivity contribution in [1.82, 2.24) is 4.98 Å². The number of nitrogens with zero attached hydrogens (tertiary/aromatic N) is 2. The number of aromatic nitrogens is 1. The van der Waals surface area contributed by atoms with Crippen molar-refractivity contribution in [2.45, 2.75) is 0 Å². The van der Waals surface area contributed by atoms with E-state index in [1.54, 1.807) is 18.2 Å². The highest BCUT2D eigenvalue weighted by molar-refractivity contribution is 6.34. The van der Waals surface area contributed by atoms with Gasteiger partial charge < -0.3 is 10.5 Å². The second-order valence-electron chi connectivity index (χ2n) is 3.37. The number of nitriles is 1. The van der Waals surface area contributed by atoms with Crippen LogP contribution in [0, 0.1) is 11.3 Å². The van der Waals surface area contributed by atoms with Gasteiger partial charge in [-0.25, -0.2) is 4.98 Å². The van der Waals surface area contributed by atoms with Gasteiger partial charge in [0.2, 0.25) is 5.88 Å². The van der Waals surface area contributed by atoms with Crippen molar-refractivity contribution < 1.29 is 4.74 Å². The summed E-state index contributed by atoms with van der Waals surface area (Å²) in [5, 5.41) is 9.70. The van der Waals surface area contributed by atoms with E-state index in [1.165, 1.54) is 12.3 Å². The van der Waals surface area contributed by atoms with Crippen LogP contribution in [0.3, 0.4) is 0 Å². The number of nitrogen functional groups attached to an aromatic ring is 1. The molecule has 2 aromatic rings. The second-order valence-corrected chi connectivity index (χ2v) is 4.21. The van der Waals surface area contributed by atoms with E-state index in [1.807, 2.05) is 6.07 Å². The molecule has 0 spiro atoms. The van der Waals surface area contributed by atoms with Gasteiger partial charge in [-0.05, 0) is 18.2 Å². The fourth-order valence-corrected chi connectivity index (χ4v) is 1.61. The predicted octanol–water partition coefficient (Wildman–Crippen LogP) is 3.63. The Labute approximate surface area is 114 Å². The zero-order chi connectivity index (χ0) is 13.1. The van der Waals surface area contributed by atoms with Gasteiger partial charge in [0.25, 0.3) is 0 Å². The van der Waals surface area contributed by atoms with Crippen molar-refractivity contribution in [2.75, 3.05) is 5.73 Å². The fourth-order valence-electron chi connectivity index (χ4n) is 1.29.